The summed E-state index contributed by atoms with van der Waals surface area (Å²) in [5.41, 5.74) is 0.428. The lowest BCUT2D eigenvalue weighted by atomic mass is 10.1. The van der Waals surface area contributed by atoms with Crippen molar-refractivity contribution in [1.82, 2.24) is 30.5 Å². The van der Waals surface area contributed by atoms with Crippen molar-refractivity contribution in [2.24, 2.45) is 0 Å². The van der Waals surface area contributed by atoms with Crippen LogP contribution in [0.4, 0.5) is 0 Å². The van der Waals surface area contributed by atoms with Crippen LogP contribution < -0.4 is 10.6 Å². The van der Waals surface area contributed by atoms with Gasteiger partial charge in [-0.05, 0) is 51.9 Å². The van der Waals surface area contributed by atoms with Gasteiger partial charge in [0.25, 0.3) is 5.91 Å². The van der Waals surface area contributed by atoms with E-state index < -0.39 is 0 Å². The van der Waals surface area contributed by atoms with Gasteiger partial charge in [0.1, 0.15) is 0 Å². The van der Waals surface area contributed by atoms with E-state index in [9.17, 15) is 4.79 Å². The molecule has 9 heteroatoms. The molecule has 0 spiro atoms. The normalized spacial score (nSPS) is 19.2. The minimum atomic E-state index is -0.114. The summed E-state index contributed by atoms with van der Waals surface area (Å²) in [5, 5.41) is 14.4. The Morgan fingerprint density at radius 3 is 2.62 bits per heavy atom. The van der Waals surface area contributed by atoms with Crippen molar-refractivity contribution in [3.63, 3.8) is 0 Å². The second kappa shape index (κ2) is 10.9. The molecule has 1 aromatic heterocycles. The first-order valence-electron chi connectivity index (χ1n) is 8.46. The molecule has 0 radical (unpaired) electrons. The molecular weight excluding hydrogens is 351 g/mol. The molecule has 0 unspecified atom stereocenters. The zero-order valence-corrected chi connectivity index (χ0v) is 15.6. The zero-order chi connectivity index (χ0) is 15.2. The number of nitrogens with one attached hydrogen (secondary N) is 2. The summed E-state index contributed by atoms with van der Waals surface area (Å²) in [7, 11) is 0. The zero-order valence-electron chi connectivity index (χ0n) is 13.9. The molecule has 3 rings (SSSR count). The van der Waals surface area contributed by atoms with Crippen molar-refractivity contribution in [1.29, 1.82) is 0 Å². The van der Waals surface area contributed by atoms with E-state index in [-0.39, 0.29) is 30.7 Å². The minimum absolute atomic E-state index is 0. The fraction of sp³-hybridized carbons (Fsp3) is 0.800. The molecule has 0 aromatic carbocycles. The molecule has 1 aromatic rings. The van der Waals surface area contributed by atoms with Gasteiger partial charge in [0.05, 0.1) is 12.2 Å². The van der Waals surface area contributed by atoms with E-state index >= 15 is 0 Å². The summed E-state index contributed by atoms with van der Waals surface area (Å²) >= 11 is 0. The highest BCUT2D eigenvalue weighted by Crippen LogP contribution is 2.16. The minimum Gasteiger partial charge on any atom is -0.349 e. The van der Waals surface area contributed by atoms with Crippen LogP contribution in [0, 0.1) is 0 Å². The maximum atomic E-state index is 12.1. The Kier molecular flexibility index (Phi) is 9.58. The lowest BCUT2D eigenvalue weighted by Gasteiger charge is -2.26. The van der Waals surface area contributed by atoms with E-state index in [1.54, 1.807) is 6.20 Å². The average Bonchev–Trinajstić information content (AvgIpc) is 3.07. The molecule has 2 aliphatic rings. The molecule has 0 saturated carbocycles. The molecule has 24 heavy (non-hydrogen) atoms. The van der Waals surface area contributed by atoms with Crippen molar-refractivity contribution in [2.45, 2.75) is 38.1 Å². The number of carbonyl (C=O) groups excluding carboxylic acids is 1. The Labute approximate surface area is 155 Å². The Morgan fingerprint density at radius 1 is 1.21 bits per heavy atom. The summed E-state index contributed by atoms with van der Waals surface area (Å²) in [6.45, 7) is 5.92. The maximum Gasteiger partial charge on any atom is 0.273 e. The van der Waals surface area contributed by atoms with Crippen molar-refractivity contribution in [3.05, 3.63) is 11.9 Å². The van der Waals surface area contributed by atoms with Crippen LogP contribution in [-0.4, -0.2) is 65.1 Å². The standard InChI is InChI=1S/C15H26N6O.2ClH/c22-15(17-8-11-20-9-2-1-3-10-20)14-12-21(19-18-14)13-4-6-16-7-5-13;;/h12-13,16H,1-11H2,(H,17,22);2*1H. The van der Waals surface area contributed by atoms with Gasteiger partial charge in [0.2, 0.25) is 0 Å². The summed E-state index contributed by atoms with van der Waals surface area (Å²) in [5.74, 6) is -0.114. The highest BCUT2D eigenvalue weighted by atomic mass is 35.5. The molecular formula is C15H28Cl2N6O. The Balaban J connectivity index is 0.00000144. The fourth-order valence-corrected chi connectivity index (χ4v) is 3.23. The predicted octanol–water partition coefficient (Wildman–Crippen LogP) is 1.26. The molecule has 0 aliphatic carbocycles. The van der Waals surface area contributed by atoms with Crippen molar-refractivity contribution in [2.75, 3.05) is 39.3 Å². The van der Waals surface area contributed by atoms with Gasteiger partial charge in [0, 0.05) is 13.1 Å². The highest BCUT2D eigenvalue weighted by Gasteiger charge is 2.18. The van der Waals surface area contributed by atoms with Gasteiger partial charge >= 0.3 is 0 Å². The summed E-state index contributed by atoms with van der Waals surface area (Å²) < 4.78 is 1.85. The van der Waals surface area contributed by atoms with Gasteiger partial charge in [-0.2, -0.15) is 0 Å². The Morgan fingerprint density at radius 2 is 1.92 bits per heavy atom. The van der Waals surface area contributed by atoms with E-state index in [0.29, 0.717) is 18.3 Å². The van der Waals surface area contributed by atoms with Crippen LogP contribution in [0.2, 0.25) is 0 Å². The predicted molar refractivity (Wildman–Crippen MR) is 98.3 cm³/mol. The number of aromatic nitrogens is 3. The number of likely N-dealkylation sites (tertiary alicyclic amines) is 1. The SMILES string of the molecule is Cl.Cl.O=C(NCCN1CCCCC1)c1cn(C2CCNCC2)nn1. The lowest BCUT2D eigenvalue weighted by molar-refractivity contribution is 0.0941. The largest absolute Gasteiger partial charge is 0.349 e. The first-order chi connectivity index (χ1) is 10.8. The topological polar surface area (TPSA) is 75.1 Å². The molecule has 2 aliphatic heterocycles. The molecule has 2 fully saturated rings. The van der Waals surface area contributed by atoms with Gasteiger partial charge in [0.15, 0.2) is 5.69 Å². The van der Waals surface area contributed by atoms with Crippen molar-refractivity contribution < 1.29 is 4.79 Å². The third kappa shape index (κ3) is 5.88. The molecule has 7 nitrogen and oxygen atoms in total. The number of nitrogens with zero attached hydrogens (tertiary/aromatic N) is 4. The van der Waals surface area contributed by atoms with Gasteiger partial charge in [-0.1, -0.05) is 11.6 Å². The Bertz CT molecular complexity index is 486. The van der Waals surface area contributed by atoms with Crippen LogP contribution in [0.15, 0.2) is 6.20 Å². The quantitative estimate of drug-likeness (QED) is 0.806. The second-order valence-corrected chi connectivity index (χ2v) is 6.22. The second-order valence-electron chi connectivity index (χ2n) is 6.22. The third-order valence-electron chi connectivity index (χ3n) is 4.59. The first kappa shape index (κ1) is 21.2. The van der Waals surface area contributed by atoms with Gasteiger partial charge in [-0.3, -0.25) is 4.79 Å². The highest BCUT2D eigenvalue weighted by molar-refractivity contribution is 5.91. The molecule has 2 N–H and O–H groups in total. The van der Waals surface area contributed by atoms with E-state index in [1.165, 1.54) is 19.3 Å². The summed E-state index contributed by atoms with van der Waals surface area (Å²) in [6.07, 6.45) is 7.75. The van der Waals surface area contributed by atoms with Crippen molar-refractivity contribution >= 4 is 30.7 Å². The number of amides is 1. The van der Waals surface area contributed by atoms with Crippen LogP contribution >= 0.6 is 24.8 Å². The van der Waals surface area contributed by atoms with E-state index in [0.717, 1.165) is 45.6 Å². The summed E-state index contributed by atoms with van der Waals surface area (Å²) in [6, 6.07) is 0.364. The lowest BCUT2D eigenvalue weighted by Crippen LogP contribution is -2.37. The maximum absolute atomic E-state index is 12.1. The van der Waals surface area contributed by atoms with E-state index in [2.05, 4.69) is 25.8 Å². The summed E-state index contributed by atoms with van der Waals surface area (Å²) in [4.78, 5) is 14.5. The number of rotatable bonds is 5. The van der Waals surface area contributed by atoms with Crippen LogP contribution in [0.1, 0.15) is 48.6 Å². The third-order valence-corrected chi connectivity index (χ3v) is 4.59. The molecule has 2 saturated heterocycles. The van der Waals surface area contributed by atoms with Crippen LogP contribution in [0.3, 0.4) is 0 Å². The molecule has 3 heterocycles. The molecule has 0 atom stereocenters. The fourth-order valence-electron chi connectivity index (χ4n) is 3.23. The molecule has 1 amide bonds. The monoisotopic (exact) mass is 378 g/mol. The van der Waals surface area contributed by atoms with Gasteiger partial charge in [-0.25, -0.2) is 4.68 Å². The Hall–Kier alpha value is -0.890. The first-order valence-corrected chi connectivity index (χ1v) is 8.46. The van der Waals surface area contributed by atoms with Gasteiger partial charge in [-0.15, -0.1) is 29.9 Å². The van der Waals surface area contributed by atoms with E-state index in [4.69, 9.17) is 0 Å². The van der Waals surface area contributed by atoms with Crippen molar-refractivity contribution in [3.8, 4) is 0 Å². The number of hydrogen-bond acceptors (Lipinski definition) is 5. The van der Waals surface area contributed by atoms with Crippen LogP contribution in [-0.2, 0) is 0 Å². The number of carbonyl (C=O) groups is 1. The molecule has 0 bridgehead atoms. The van der Waals surface area contributed by atoms with Gasteiger partial charge < -0.3 is 15.5 Å². The van der Waals surface area contributed by atoms with E-state index in [1.807, 2.05) is 4.68 Å². The number of halogens is 2. The van der Waals surface area contributed by atoms with Crippen LogP contribution in [0.25, 0.3) is 0 Å². The smallest absolute Gasteiger partial charge is 0.273 e. The number of piperidine rings is 2. The average molecular weight is 379 g/mol. The van der Waals surface area contributed by atoms with Crippen LogP contribution in [0.5, 0.6) is 0 Å². The molecule has 138 valence electrons. The number of hydrogen-bond donors (Lipinski definition) is 2.